The Hall–Kier alpha value is -1.11. The van der Waals surface area contributed by atoms with Crippen LogP contribution in [0.15, 0.2) is 22.7 Å². The van der Waals surface area contributed by atoms with Crippen molar-refractivity contribution >= 4 is 48.9 Å². The normalized spacial score (nSPS) is 15.9. The van der Waals surface area contributed by atoms with Gasteiger partial charge in [-0.2, -0.15) is 0 Å². The molecule has 1 aliphatic heterocycles. The molecule has 2 heterocycles. The molecule has 6 heteroatoms. The van der Waals surface area contributed by atoms with Crippen LogP contribution in [-0.4, -0.2) is 37.0 Å². The Morgan fingerprint density at radius 2 is 2.11 bits per heavy atom. The molecule has 3 rings (SSSR count). The second-order valence-corrected chi connectivity index (χ2v) is 6.50. The van der Waals surface area contributed by atoms with E-state index in [9.17, 15) is 4.79 Å². The van der Waals surface area contributed by atoms with Crippen molar-refractivity contribution in [3.63, 3.8) is 0 Å². The molecule has 1 saturated heterocycles. The summed E-state index contributed by atoms with van der Waals surface area (Å²) in [5, 5.41) is 4.21. The maximum absolute atomic E-state index is 12.5. The summed E-state index contributed by atoms with van der Waals surface area (Å²) >= 11 is 4.92. The van der Waals surface area contributed by atoms with Crippen LogP contribution in [-0.2, 0) is 0 Å². The summed E-state index contributed by atoms with van der Waals surface area (Å²) in [5.41, 5.74) is 6.74. The summed E-state index contributed by atoms with van der Waals surface area (Å²) in [7, 11) is 0. The predicted octanol–water partition coefficient (Wildman–Crippen LogP) is 2.29. The minimum absolute atomic E-state index is 0.0522. The SMILES string of the molecule is Nc1c(C(=O)N2CCNCC2)sc2cc(Br)ccc12. The molecule has 0 atom stereocenters. The molecule has 1 amide bonds. The number of benzene rings is 1. The molecular weight excluding hydrogens is 326 g/mol. The van der Waals surface area contributed by atoms with Crippen molar-refractivity contribution in [3.8, 4) is 0 Å². The number of thiophene rings is 1. The van der Waals surface area contributed by atoms with Gasteiger partial charge in [0.05, 0.1) is 5.69 Å². The van der Waals surface area contributed by atoms with E-state index in [1.165, 1.54) is 11.3 Å². The molecule has 0 radical (unpaired) electrons. The number of halogens is 1. The van der Waals surface area contributed by atoms with Crippen molar-refractivity contribution in [2.75, 3.05) is 31.9 Å². The zero-order valence-electron chi connectivity index (χ0n) is 10.3. The van der Waals surface area contributed by atoms with Crippen LogP contribution in [0.5, 0.6) is 0 Å². The Labute approximate surface area is 123 Å². The van der Waals surface area contributed by atoms with Crippen molar-refractivity contribution in [1.82, 2.24) is 10.2 Å². The lowest BCUT2D eigenvalue weighted by Gasteiger charge is -2.27. The molecule has 4 nitrogen and oxygen atoms in total. The van der Waals surface area contributed by atoms with Gasteiger partial charge in [-0.1, -0.05) is 22.0 Å². The molecule has 0 aliphatic carbocycles. The number of carbonyl (C=O) groups excluding carboxylic acids is 1. The van der Waals surface area contributed by atoms with Crippen LogP contribution in [0.25, 0.3) is 10.1 Å². The molecule has 1 fully saturated rings. The van der Waals surface area contributed by atoms with Gasteiger partial charge in [-0.15, -0.1) is 11.3 Å². The molecule has 100 valence electrons. The second kappa shape index (κ2) is 5.11. The standard InChI is InChI=1S/C13H14BrN3OS/c14-8-1-2-9-10(7-8)19-12(11(9)15)13(18)17-5-3-16-4-6-17/h1-2,7,16H,3-6,15H2. The number of anilines is 1. The Morgan fingerprint density at radius 1 is 1.37 bits per heavy atom. The number of nitrogens with zero attached hydrogens (tertiary/aromatic N) is 1. The van der Waals surface area contributed by atoms with Crippen LogP contribution in [0.2, 0.25) is 0 Å². The van der Waals surface area contributed by atoms with Gasteiger partial charge in [0.25, 0.3) is 5.91 Å². The topological polar surface area (TPSA) is 58.4 Å². The minimum Gasteiger partial charge on any atom is -0.397 e. The lowest BCUT2D eigenvalue weighted by Crippen LogP contribution is -2.46. The van der Waals surface area contributed by atoms with Gasteiger partial charge < -0.3 is 16.0 Å². The lowest BCUT2D eigenvalue weighted by molar-refractivity contribution is 0.0742. The molecule has 1 aliphatic rings. The van der Waals surface area contributed by atoms with Crippen molar-refractivity contribution < 1.29 is 4.79 Å². The van der Waals surface area contributed by atoms with Gasteiger partial charge in [0.15, 0.2) is 0 Å². The van der Waals surface area contributed by atoms with Crippen LogP contribution >= 0.6 is 27.3 Å². The van der Waals surface area contributed by atoms with Gasteiger partial charge in [0.2, 0.25) is 0 Å². The van der Waals surface area contributed by atoms with Gasteiger partial charge in [0.1, 0.15) is 4.88 Å². The molecule has 2 aromatic rings. The van der Waals surface area contributed by atoms with Crippen LogP contribution < -0.4 is 11.1 Å². The van der Waals surface area contributed by atoms with E-state index in [-0.39, 0.29) is 5.91 Å². The molecule has 0 unspecified atom stereocenters. The average Bonchev–Trinajstić information content (AvgIpc) is 2.75. The lowest BCUT2D eigenvalue weighted by atomic mass is 10.2. The van der Waals surface area contributed by atoms with Gasteiger partial charge in [0, 0.05) is 40.7 Å². The highest BCUT2D eigenvalue weighted by atomic mass is 79.9. The third-order valence-corrected chi connectivity index (χ3v) is 4.94. The minimum atomic E-state index is 0.0522. The molecule has 19 heavy (non-hydrogen) atoms. The van der Waals surface area contributed by atoms with Crippen molar-refractivity contribution in [1.29, 1.82) is 0 Å². The first kappa shape index (κ1) is 12.9. The van der Waals surface area contributed by atoms with Crippen LogP contribution in [0.4, 0.5) is 5.69 Å². The maximum Gasteiger partial charge on any atom is 0.266 e. The molecular formula is C13H14BrN3OS. The summed E-state index contributed by atoms with van der Waals surface area (Å²) in [4.78, 5) is 15.0. The molecule has 1 aromatic heterocycles. The first-order valence-corrected chi connectivity index (χ1v) is 7.75. The van der Waals surface area contributed by atoms with Gasteiger partial charge in [-0.3, -0.25) is 4.79 Å². The van der Waals surface area contributed by atoms with E-state index in [0.717, 1.165) is 40.7 Å². The average molecular weight is 340 g/mol. The zero-order valence-corrected chi connectivity index (χ0v) is 12.7. The number of hydrogen-bond acceptors (Lipinski definition) is 4. The highest BCUT2D eigenvalue weighted by molar-refractivity contribution is 9.10. The van der Waals surface area contributed by atoms with E-state index < -0.39 is 0 Å². The monoisotopic (exact) mass is 339 g/mol. The van der Waals surface area contributed by atoms with E-state index in [1.807, 2.05) is 23.1 Å². The molecule has 0 bridgehead atoms. The summed E-state index contributed by atoms with van der Waals surface area (Å²) < 4.78 is 2.05. The second-order valence-electron chi connectivity index (χ2n) is 4.53. The number of nitrogen functional groups attached to an aromatic ring is 1. The third kappa shape index (κ3) is 2.35. The van der Waals surface area contributed by atoms with Crippen LogP contribution in [0, 0.1) is 0 Å². The summed E-state index contributed by atoms with van der Waals surface area (Å²) in [5.74, 6) is 0.0522. The fraction of sp³-hybridized carbons (Fsp3) is 0.308. The number of nitrogens with one attached hydrogen (secondary N) is 1. The first-order valence-electron chi connectivity index (χ1n) is 6.14. The van der Waals surface area contributed by atoms with Gasteiger partial charge in [-0.25, -0.2) is 0 Å². The van der Waals surface area contributed by atoms with Crippen LogP contribution in [0.3, 0.4) is 0 Å². The van der Waals surface area contributed by atoms with E-state index in [4.69, 9.17) is 5.73 Å². The molecule has 0 saturated carbocycles. The maximum atomic E-state index is 12.5. The van der Waals surface area contributed by atoms with Gasteiger partial charge >= 0.3 is 0 Å². The summed E-state index contributed by atoms with van der Waals surface area (Å²) in [6, 6.07) is 5.91. The number of piperazine rings is 1. The number of amides is 1. The predicted molar refractivity (Wildman–Crippen MR) is 82.7 cm³/mol. The fourth-order valence-electron chi connectivity index (χ4n) is 2.26. The number of fused-ring (bicyclic) bond motifs is 1. The first-order chi connectivity index (χ1) is 9.16. The smallest absolute Gasteiger partial charge is 0.266 e. The van der Waals surface area contributed by atoms with E-state index in [2.05, 4.69) is 21.2 Å². The number of nitrogens with two attached hydrogens (primary N) is 1. The highest BCUT2D eigenvalue weighted by Gasteiger charge is 2.23. The summed E-state index contributed by atoms with van der Waals surface area (Å²) in [6.45, 7) is 3.19. The Bertz CT molecular complexity index is 634. The Kier molecular flexibility index (Phi) is 3.47. The van der Waals surface area contributed by atoms with E-state index in [1.54, 1.807) is 0 Å². The fourth-order valence-corrected chi connectivity index (χ4v) is 3.90. The van der Waals surface area contributed by atoms with Crippen molar-refractivity contribution in [2.24, 2.45) is 0 Å². The van der Waals surface area contributed by atoms with Gasteiger partial charge in [-0.05, 0) is 12.1 Å². The highest BCUT2D eigenvalue weighted by Crippen LogP contribution is 2.35. The number of rotatable bonds is 1. The molecule has 1 aromatic carbocycles. The molecule has 3 N–H and O–H groups in total. The third-order valence-electron chi connectivity index (χ3n) is 3.29. The summed E-state index contributed by atoms with van der Waals surface area (Å²) in [6.07, 6.45) is 0. The van der Waals surface area contributed by atoms with Crippen molar-refractivity contribution in [2.45, 2.75) is 0 Å². The quantitative estimate of drug-likeness (QED) is 0.838. The largest absolute Gasteiger partial charge is 0.397 e. The van der Waals surface area contributed by atoms with E-state index >= 15 is 0 Å². The Morgan fingerprint density at radius 3 is 2.84 bits per heavy atom. The van der Waals surface area contributed by atoms with Crippen molar-refractivity contribution in [3.05, 3.63) is 27.5 Å². The van der Waals surface area contributed by atoms with E-state index in [0.29, 0.717) is 10.6 Å². The number of carbonyl (C=O) groups is 1. The zero-order chi connectivity index (χ0) is 13.4. The molecule has 0 spiro atoms. The van der Waals surface area contributed by atoms with Crippen LogP contribution in [0.1, 0.15) is 9.67 Å². The number of hydrogen-bond donors (Lipinski definition) is 2. The Balaban J connectivity index is 2.00.